The van der Waals surface area contributed by atoms with Crippen LogP contribution in [0.3, 0.4) is 0 Å². The van der Waals surface area contributed by atoms with Crippen LogP contribution in [-0.2, 0) is 0 Å². The zero-order chi connectivity index (χ0) is 14.7. The van der Waals surface area contributed by atoms with E-state index in [1.165, 1.54) is 18.3 Å². The molecule has 104 valence electrons. The number of pyridine rings is 1. The molecule has 1 heterocycles. The van der Waals surface area contributed by atoms with Crippen LogP contribution in [-0.4, -0.2) is 10.9 Å². The maximum Gasteiger partial charge on any atom is 0.259 e. The number of amides is 1. The van der Waals surface area contributed by atoms with Crippen molar-refractivity contribution in [3.05, 3.63) is 52.0 Å². The minimum absolute atomic E-state index is 0.279. The number of nitrogens with zero attached hydrogens (tertiary/aromatic N) is 1. The molecule has 5 nitrogen and oxygen atoms in total. The highest BCUT2D eigenvalue weighted by molar-refractivity contribution is 9.10. The molecule has 0 saturated carbocycles. The van der Waals surface area contributed by atoms with Crippen molar-refractivity contribution in [2.45, 2.75) is 6.92 Å². The Balaban J connectivity index is 2.25. The van der Waals surface area contributed by atoms with Crippen LogP contribution >= 0.6 is 15.9 Å². The highest BCUT2D eigenvalue weighted by Gasteiger charge is 2.13. The van der Waals surface area contributed by atoms with E-state index in [0.29, 0.717) is 15.8 Å². The molecule has 0 aliphatic carbocycles. The molecule has 1 aromatic carbocycles. The molecule has 0 saturated heterocycles. The molecular weight excluding hydrogens is 327 g/mol. The summed E-state index contributed by atoms with van der Waals surface area (Å²) in [5.74, 6) is 4.49. The van der Waals surface area contributed by atoms with Crippen molar-refractivity contribution in [2.75, 3.05) is 10.7 Å². The molecule has 0 radical (unpaired) electrons. The first-order valence-corrected chi connectivity index (χ1v) is 6.50. The number of hydrogen-bond donors (Lipinski definition) is 3. The van der Waals surface area contributed by atoms with Crippen molar-refractivity contribution < 1.29 is 9.18 Å². The summed E-state index contributed by atoms with van der Waals surface area (Å²) in [6.45, 7) is 1.78. The smallest absolute Gasteiger partial charge is 0.259 e. The summed E-state index contributed by atoms with van der Waals surface area (Å²) in [5, 5.41) is 2.59. The van der Waals surface area contributed by atoms with Gasteiger partial charge in [-0.2, -0.15) is 0 Å². The molecular formula is C13H12BrFN4O. The van der Waals surface area contributed by atoms with E-state index in [0.717, 1.165) is 5.69 Å². The first-order chi connectivity index (χ1) is 9.51. The zero-order valence-electron chi connectivity index (χ0n) is 10.6. The number of halogens is 2. The molecule has 0 unspecified atom stereocenters. The topological polar surface area (TPSA) is 80.0 Å². The highest BCUT2D eigenvalue weighted by Crippen LogP contribution is 2.21. The van der Waals surface area contributed by atoms with Gasteiger partial charge in [-0.15, -0.1) is 0 Å². The Hall–Kier alpha value is -1.99. The molecule has 20 heavy (non-hydrogen) atoms. The molecule has 1 amide bonds. The maximum atomic E-state index is 13.4. The number of hydrogen-bond acceptors (Lipinski definition) is 4. The highest BCUT2D eigenvalue weighted by atomic mass is 79.9. The maximum absolute atomic E-state index is 13.4. The number of carbonyl (C=O) groups is 1. The Morgan fingerprint density at radius 3 is 2.80 bits per heavy atom. The van der Waals surface area contributed by atoms with Crippen molar-refractivity contribution in [3.8, 4) is 0 Å². The average Bonchev–Trinajstić information content (AvgIpc) is 2.42. The van der Waals surface area contributed by atoms with Crippen molar-refractivity contribution in [1.29, 1.82) is 0 Å². The molecule has 7 heteroatoms. The summed E-state index contributed by atoms with van der Waals surface area (Å²) in [5.41, 5.74) is 4.24. The van der Waals surface area contributed by atoms with Crippen LogP contribution < -0.4 is 16.6 Å². The lowest BCUT2D eigenvalue weighted by molar-refractivity contribution is 0.102. The summed E-state index contributed by atoms with van der Waals surface area (Å²) < 4.78 is 13.7. The summed E-state index contributed by atoms with van der Waals surface area (Å²) in [4.78, 5) is 16.2. The van der Waals surface area contributed by atoms with E-state index in [1.54, 1.807) is 19.1 Å². The van der Waals surface area contributed by atoms with E-state index in [9.17, 15) is 9.18 Å². The quantitative estimate of drug-likeness (QED) is 0.593. The van der Waals surface area contributed by atoms with Gasteiger partial charge in [0.25, 0.3) is 5.91 Å². The summed E-state index contributed by atoms with van der Waals surface area (Å²) in [6, 6.07) is 5.97. The molecule has 0 spiro atoms. The van der Waals surface area contributed by atoms with Gasteiger partial charge >= 0.3 is 0 Å². The van der Waals surface area contributed by atoms with E-state index < -0.39 is 11.7 Å². The van der Waals surface area contributed by atoms with E-state index in [4.69, 9.17) is 5.84 Å². The number of anilines is 2. The fraction of sp³-hybridized carbons (Fsp3) is 0.0769. The summed E-state index contributed by atoms with van der Waals surface area (Å²) in [6.07, 6.45) is 1.41. The van der Waals surface area contributed by atoms with Gasteiger partial charge in [0, 0.05) is 17.6 Å². The van der Waals surface area contributed by atoms with Gasteiger partial charge in [-0.3, -0.25) is 15.6 Å². The number of aromatic nitrogens is 1. The third kappa shape index (κ3) is 3.12. The molecule has 2 aromatic rings. The van der Waals surface area contributed by atoms with E-state index in [-0.39, 0.29) is 5.56 Å². The number of aryl methyl sites for hydroxylation is 1. The van der Waals surface area contributed by atoms with Gasteiger partial charge in [0.05, 0.1) is 15.7 Å². The van der Waals surface area contributed by atoms with Crippen LogP contribution in [0.4, 0.5) is 15.8 Å². The van der Waals surface area contributed by atoms with E-state index in [1.807, 2.05) is 0 Å². The first kappa shape index (κ1) is 14.4. The van der Waals surface area contributed by atoms with E-state index >= 15 is 0 Å². The molecule has 0 atom stereocenters. The Morgan fingerprint density at radius 1 is 1.40 bits per heavy atom. The normalized spacial score (nSPS) is 10.2. The second-order valence-corrected chi connectivity index (χ2v) is 4.95. The van der Waals surface area contributed by atoms with Gasteiger partial charge in [0.15, 0.2) is 0 Å². The van der Waals surface area contributed by atoms with Crippen LogP contribution in [0.2, 0.25) is 0 Å². The van der Waals surface area contributed by atoms with Gasteiger partial charge < -0.3 is 10.7 Å². The van der Waals surface area contributed by atoms with Crippen molar-refractivity contribution in [3.63, 3.8) is 0 Å². The molecule has 0 bridgehead atoms. The SMILES string of the molecule is Cc1cc(NN)c(C(=O)Nc2ccc(Br)c(F)c2)cn1. The van der Waals surface area contributed by atoms with Crippen molar-refractivity contribution in [2.24, 2.45) is 5.84 Å². The van der Waals surface area contributed by atoms with Crippen LogP contribution in [0.5, 0.6) is 0 Å². The fourth-order valence-corrected chi connectivity index (χ4v) is 1.88. The van der Waals surface area contributed by atoms with Gasteiger partial charge in [0.1, 0.15) is 5.82 Å². The monoisotopic (exact) mass is 338 g/mol. The van der Waals surface area contributed by atoms with Gasteiger partial charge in [-0.1, -0.05) is 0 Å². The van der Waals surface area contributed by atoms with Crippen LogP contribution in [0.15, 0.2) is 34.9 Å². The van der Waals surface area contributed by atoms with Crippen LogP contribution in [0, 0.1) is 12.7 Å². The Kier molecular flexibility index (Phi) is 4.31. The molecule has 0 aliphatic rings. The lowest BCUT2D eigenvalue weighted by Gasteiger charge is -2.10. The van der Waals surface area contributed by atoms with Crippen LogP contribution in [0.25, 0.3) is 0 Å². The number of nitrogens with one attached hydrogen (secondary N) is 2. The van der Waals surface area contributed by atoms with Gasteiger partial charge in [0.2, 0.25) is 0 Å². The summed E-state index contributed by atoms with van der Waals surface area (Å²) >= 11 is 3.05. The number of benzene rings is 1. The molecule has 1 aromatic heterocycles. The van der Waals surface area contributed by atoms with Crippen LogP contribution in [0.1, 0.15) is 16.1 Å². The van der Waals surface area contributed by atoms with Crippen molar-refractivity contribution in [1.82, 2.24) is 4.98 Å². The van der Waals surface area contributed by atoms with Crippen molar-refractivity contribution >= 4 is 33.2 Å². The largest absolute Gasteiger partial charge is 0.323 e. The standard InChI is InChI=1S/C13H12BrFN4O/c1-7-4-12(19-16)9(6-17-7)13(20)18-8-2-3-10(14)11(15)5-8/h2-6H,16H2,1H3,(H,17,19)(H,18,20). The number of nitrogens with two attached hydrogens (primary N) is 1. The lowest BCUT2D eigenvalue weighted by atomic mass is 10.2. The number of carbonyl (C=O) groups excluding carboxylic acids is 1. The molecule has 4 N–H and O–H groups in total. The van der Waals surface area contributed by atoms with Gasteiger partial charge in [-0.05, 0) is 47.1 Å². The number of rotatable bonds is 3. The third-order valence-corrected chi connectivity index (χ3v) is 3.26. The Bertz CT molecular complexity index is 663. The average molecular weight is 339 g/mol. The zero-order valence-corrected chi connectivity index (χ0v) is 12.2. The minimum atomic E-state index is -0.456. The molecule has 2 rings (SSSR count). The first-order valence-electron chi connectivity index (χ1n) is 5.71. The van der Waals surface area contributed by atoms with E-state index in [2.05, 4.69) is 31.7 Å². The second-order valence-electron chi connectivity index (χ2n) is 4.10. The Labute approximate surface area is 123 Å². The lowest BCUT2D eigenvalue weighted by Crippen LogP contribution is -2.18. The Morgan fingerprint density at radius 2 is 2.15 bits per heavy atom. The number of nitrogen functional groups attached to an aromatic ring is 1. The van der Waals surface area contributed by atoms with Gasteiger partial charge in [-0.25, -0.2) is 4.39 Å². The predicted octanol–water partition coefficient (Wildman–Crippen LogP) is 2.83. The third-order valence-electron chi connectivity index (χ3n) is 2.62. The summed E-state index contributed by atoms with van der Waals surface area (Å²) in [7, 11) is 0. The molecule has 0 fully saturated rings. The molecule has 0 aliphatic heterocycles. The predicted molar refractivity (Wildman–Crippen MR) is 78.8 cm³/mol. The fourth-order valence-electron chi connectivity index (χ4n) is 1.63. The second kappa shape index (κ2) is 5.98. The minimum Gasteiger partial charge on any atom is -0.323 e. The number of hydrazine groups is 1.